The van der Waals surface area contributed by atoms with E-state index in [4.69, 9.17) is 0 Å². The SMILES string of the molecule is Cc1nnc(C2CCCN2)nc1C. The summed E-state index contributed by atoms with van der Waals surface area (Å²) in [5.74, 6) is 0.848. The lowest BCUT2D eigenvalue weighted by Crippen LogP contribution is -2.17. The smallest absolute Gasteiger partial charge is 0.168 e. The van der Waals surface area contributed by atoms with Crippen molar-refractivity contribution in [1.29, 1.82) is 0 Å². The second-order valence-corrected chi connectivity index (χ2v) is 3.49. The lowest BCUT2D eigenvalue weighted by Gasteiger charge is -2.08. The van der Waals surface area contributed by atoms with Crippen LogP contribution in [0.15, 0.2) is 0 Å². The fourth-order valence-corrected chi connectivity index (χ4v) is 1.53. The number of nitrogens with zero attached hydrogens (tertiary/aromatic N) is 3. The van der Waals surface area contributed by atoms with E-state index in [2.05, 4.69) is 20.5 Å². The molecule has 1 aliphatic heterocycles. The van der Waals surface area contributed by atoms with Gasteiger partial charge in [0.25, 0.3) is 0 Å². The van der Waals surface area contributed by atoms with E-state index < -0.39 is 0 Å². The van der Waals surface area contributed by atoms with Gasteiger partial charge < -0.3 is 5.32 Å². The minimum atomic E-state index is 0.326. The van der Waals surface area contributed by atoms with Crippen LogP contribution in [-0.2, 0) is 0 Å². The van der Waals surface area contributed by atoms with Gasteiger partial charge in [-0.25, -0.2) is 4.98 Å². The zero-order valence-corrected chi connectivity index (χ0v) is 8.04. The van der Waals surface area contributed by atoms with E-state index >= 15 is 0 Å². The van der Waals surface area contributed by atoms with Crippen molar-refractivity contribution in [3.8, 4) is 0 Å². The molecule has 13 heavy (non-hydrogen) atoms. The summed E-state index contributed by atoms with van der Waals surface area (Å²) in [6.45, 7) is 4.98. The summed E-state index contributed by atoms with van der Waals surface area (Å²) in [6.07, 6.45) is 2.34. The maximum absolute atomic E-state index is 4.42. The molecule has 1 aromatic rings. The Bertz CT molecular complexity index is 304. The zero-order chi connectivity index (χ0) is 9.26. The maximum atomic E-state index is 4.42. The van der Waals surface area contributed by atoms with Gasteiger partial charge in [0, 0.05) is 0 Å². The van der Waals surface area contributed by atoms with Crippen molar-refractivity contribution < 1.29 is 0 Å². The Morgan fingerprint density at radius 1 is 1.23 bits per heavy atom. The molecule has 0 saturated carbocycles. The molecule has 1 saturated heterocycles. The average molecular weight is 178 g/mol. The second kappa shape index (κ2) is 3.38. The predicted molar refractivity (Wildman–Crippen MR) is 49.3 cm³/mol. The van der Waals surface area contributed by atoms with Gasteiger partial charge in [-0.15, -0.1) is 5.10 Å². The largest absolute Gasteiger partial charge is 0.307 e. The van der Waals surface area contributed by atoms with Crippen LogP contribution >= 0.6 is 0 Å². The van der Waals surface area contributed by atoms with Gasteiger partial charge in [-0.3, -0.25) is 0 Å². The maximum Gasteiger partial charge on any atom is 0.168 e. The highest BCUT2D eigenvalue weighted by molar-refractivity contribution is 5.07. The molecule has 4 nitrogen and oxygen atoms in total. The van der Waals surface area contributed by atoms with Crippen LogP contribution in [0.2, 0.25) is 0 Å². The molecule has 1 atom stereocenters. The van der Waals surface area contributed by atoms with E-state index in [0.717, 1.165) is 30.2 Å². The molecule has 2 heterocycles. The molecule has 2 rings (SSSR count). The standard InChI is InChI=1S/C9H14N4/c1-6-7(2)12-13-9(11-6)8-4-3-5-10-8/h8,10H,3-5H2,1-2H3. The van der Waals surface area contributed by atoms with Crippen LogP contribution in [0.5, 0.6) is 0 Å². The van der Waals surface area contributed by atoms with Gasteiger partial charge in [0.2, 0.25) is 0 Å². The van der Waals surface area contributed by atoms with Gasteiger partial charge in [0.15, 0.2) is 5.82 Å². The Morgan fingerprint density at radius 2 is 2.08 bits per heavy atom. The fourth-order valence-electron chi connectivity index (χ4n) is 1.53. The lowest BCUT2D eigenvalue weighted by molar-refractivity contribution is 0.585. The van der Waals surface area contributed by atoms with E-state index in [9.17, 15) is 0 Å². The third-order valence-corrected chi connectivity index (χ3v) is 2.48. The predicted octanol–water partition coefficient (Wildman–Crippen LogP) is 0.913. The van der Waals surface area contributed by atoms with Crippen molar-refractivity contribution in [3.05, 3.63) is 17.2 Å². The number of aryl methyl sites for hydroxylation is 2. The number of rotatable bonds is 1. The van der Waals surface area contributed by atoms with Gasteiger partial charge >= 0.3 is 0 Å². The van der Waals surface area contributed by atoms with E-state index in [1.54, 1.807) is 0 Å². The van der Waals surface area contributed by atoms with Crippen LogP contribution < -0.4 is 5.32 Å². The molecule has 1 unspecified atom stereocenters. The normalized spacial score (nSPS) is 22.2. The van der Waals surface area contributed by atoms with Crippen LogP contribution in [0.3, 0.4) is 0 Å². The highest BCUT2D eigenvalue weighted by Gasteiger charge is 2.19. The van der Waals surface area contributed by atoms with Gasteiger partial charge in [-0.05, 0) is 33.2 Å². The Balaban J connectivity index is 2.25. The quantitative estimate of drug-likeness (QED) is 0.694. The summed E-state index contributed by atoms with van der Waals surface area (Å²) in [4.78, 5) is 4.42. The molecule has 1 aromatic heterocycles. The van der Waals surface area contributed by atoms with Crippen LogP contribution in [0.25, 0.3) is 0 Å². The first-order valence-electron chi connectivity index (χ1n) is 4.68. The molecular weight excluding hydrogens is 164 g/mol. The monoisotopic (exact) mass is 178 g/mol. The van der Waals surface area contributed by atoms with Crippen molar-refractivity contribution in [3.63, 3.8) is 0 Å². The highest BCUT2D eigenvalue weighted by atomic mass is 15.2. The van der Waals surface area contributed by atoms with E-state index in [1.807, 2.05) is 13.8 Å². The molecular formula is C9H14N4. The summed E-state index contributed by atoms with van der Waals surface area (Å²) in [5, 5.41) is 11.5. The summed E-state index contributed by atoms with van der Waals surface area (Å²) in [6, 6.07) is 0.326. The van der Waals surface area contributed by atoms with E-state index in [1.165, 1.54) is 6.42 Å². The molecule has 1 aliphatic rings. The van der Waals surface area contributed by atoms with Gasteiger partial charge in [0.05, 0.1) is 17.4 Å². The number of hydrogen-bond acceptors (Lipinski definition) is 4. The number of aromatic nitrogens is 3. The van der Waals surface area contributed by atoms with Crippen LogP contribution in [0.4, 0.5) is 0 Å². The first kappa shape index (κ1) is 8.56. The van der Waals surface area contributed by atoms with Crippen LogP contribution in [-0.4, -0.2) is 21.7 Å². The summed E-state index contributed by atoms with van der Waals surface area (Å²) < 4.78 is 0. The fraction of sp³-hybridized carbons (Fsp3) is 0.667. The van der Waals surface area contributed by atoms with Crippen LogP contribution in [0.1, 0.15) is 36.1 Å². The zero-order valence-electron chi connectivity index (χ0n) is 8.04. The molecule has 0 spiro atoms. The second-order valence-electron chi connectivity index (χ2n) is 3.49. The minimum absolute atomic E-state index is 0.326. The van der Waals surface area contributed by atoms with Gasteiger partial charge in [-0.2, -0.15) is 5.10 Å². The van der Waals surface area contributed by atoms with Crippen molar-refractivity contribution in [1.82, 2.24) is 20.5 Å². The van der Waals surface area contributed by atoms with Gasteiger partial charge in [-0.1, -0.05) is 0 Å². The Hall–Kier alpha value is -1.03. The highest BCUT2D eigenvalue weighted by Crippen LogP contribution is 2.19. The van der Waals surface area contributed by atoms with Gasteiger partial charge in [0.1, 0.15) is 0 Å². The molecule has 4 heteroatoms. The Labute approximate surface area is 77.8 Å². The minimum Gasteiger partial charge on any atom is -0.307 e. The molecule has 70 valence electrons. The molecule has 0 amide bonds. The first-order chi connectivity index (χ1) is 6.27. The van der Waals surface area contributed by atoms with Crippen LogP contribution in [0, 0.1) is 13.8 Å². The number of hydrogen-bond donors (Lipinski definition) is 1. The molecule has 1 fully saturated rings. The Morgan fingerprint density at radius 3 is 2.69 bits per heavy atom. The molecule has 0 radical (unpaired) electrons. The molecule has 0 aliphatic carbocycles. The first-order valence-corrected chi connectivity index (χ1v) is 4.68. The third kappa shape index (κ3) is 1.67. The summed E-state index contributed by atoms with van der Waals surface area (Å²) in [5.41, 5.74) is 1.90. The summed E-state index contributed by atoms with van der Waals surface area (Å²) in [7, 11) is 0. The summed E-state index contributed by atoms with van der Waals surface area (Å²) >= 11 is 0. The average Bonchev–Trinajstić information content (AvgIpc) is 2.62. The lowest BCUT2D eigenvalue weighted by atomic mass is 10.2. The van der Waals surface area contributed by atoms with E-state index in [-0.39, 0.29) is 0 Å². The molecule has 0 aromatic carbocycles. The Kier molecular flexibility index (Phi) is 2.22. The van der Waals surface area contributed by atoms with Crippen molar-refractivity contribution >= 4 is 0 Å². The topological polar surface area (TPSA) is 50.7 Å². The van der Waals surface area contributed by atoms with Crippen molar-refractivity contribution in [2.45, 2.75) is 32.7 Å². The number of nitrogens with one attached hydrogen (secondary N) is 1. The van der Waals surface area contributed by atoms with Crippen molar-refractivity contribution in [2.75, 3.05) is 6.54 Å². The van der Waals surface area contributed by atoms with Crippen molar-refractivity contribution in [2.24, 2.45) is 0 Å². The molecule has 0 bridgehead atoms. The molecule has 1 N–H and O–H groups in total. The van der Waals surface area contributed by atoms with E-state index in [0.29, 0.717) is 6.04 Å². The third-order valence-electron chi connectivity index (χ3n) is 2.48.